The standard InChI is InChI=1S/C10H11BrN4O/c1-5-9(6(2)15-14-5)13-10(16)8-3-7(11)4-12-8/h3-4,12H,1-2H3,(H,13,16)(H,14,15). The van der Waals surface area contributed by atoms with Gasteiger partial charge in [0, 0.05) is 10.7 Å². The van der Waals surface area contributed by atoms with Crippen molar-refractivity contribution in [3.05, 3.63) is 33.8 Å². The molecular weight excluding hydrogens is 272 g/mol. The minimum Gasteiger partial charge on any atom is -0.356 e. The number of halogens is 1. The van der Waals surface area contributed by atoms with Crippen LogP contribution in [0, 0.1) is 13.8 Å². The topological polar surface area (TPSA) is 73.6 Å². The number of aromatic amines is 2. The Kier molecular flexibility index (Phi) is 2.82. The maximum Gasteiger partial charge on any atom is 0.272 e. The second-order valence-electron chi connectivity index (χ2n) is 3.49. The van der Waals surface area contributed by atoms with Crippen LogP contribution in [0.4, 0.5) is 5.69 Å². The van der Waals surface area contributed by atoms with E-state index >= 15 is 0 Å². The highest BCUT2D eigenvalue weighted by molar-refractivity contribution is 9.10. The molecular formula is C10H11BrN4O. The molecule has 0 saturated carbocycles. The molecule has 0 aliphatic rings. The second-order valence-corrected chi connectivity index (χ2v) is 4.41. The number of rotatable bonds is 2. The maximum atomic E-state index is 11.8. The summed E-state index contributed by atoms with van der Waals surface area (Å²) in [5.74, 6) is -0.182. The van der Waals surface area contributed by atoms with Crippen molar-refractivity contribution in [2.75, 3.05) is 5.32 Å². The molecule has 0 unspecified atom stereocenters. The summed E-state index contributed by atoms with van der Waals surface area (Å²) in [5, 5.41) is 9.63. The van der Waals surface area contributed by atoms with Crippen molar-refractivity contribution in [3.63, 3.8) is 0 Å². The van der Waals surface area contributed by atoms with Gasteiger partial charge in [-0.3, -0.25) is 9.89 Å². The molecule has 0 saturated heterocycles. The van der Waals surface area contributed by atoms with Crippen molar-refractivity contribution in [2.24, 2.45) is 0 Å². The maximum absolute atomic E-state index is 11.8. The Bertz CT molecular complexity index is 509. The Labute approximate surface area is 101 Å². The summed E-state index contributed by atoms with van der Waals surface area (Å²) in [5.41, 5.74) is 2.86. The number of H-pyrrole nitrogens is 2. The number of aryl methyl sites for hydroxylation is 2. The largest absolute Gasteiger partial charge is 0.356 e. The number of carbonyl (C=O) groups is 1. The predicted molar refractivity (Wildman–Crippen MR) is 64.5 cm³/mol. The molecule has 0 spiro atoms. The number of carbonyl (C=O) groups excluding carboxylic acids is 1. The number of aromatic nitrogens is 3. The molecule has 0 aromatic carbocycles. The predicted octanol–water partition coefficient (Wildman–Crippen LogP) is 2.37. The lowest BCUT2D eigenvalue weighted by atomic mass is 10.3. The molecule has 2 aromatic heterocycles. The summed E-state index contributed by atoms with van der Waals surface area (Å²) >= 11 is 3.28. The van der Waals surface area contributed by atoms with E-state index in [2.05, 4.69) is 36.4 Å². The summed E-state index contributed by atoms with van der Waals surface area (Å²) in [7, 11) is 0. The Hall–Kier alpha value is -1.56. The SMILES string of the molecule is Cc1n[nH]c(C)c1NC(=O)c1cc(Br)c[nH]1. The van der Waals surface area contributed by atoms with Gasteiger partial charge in [0.2, 0.25) is 0 Å². The minimum absolute atomic E-state index is 0.182. The van der Waals surface area contributed by atoms with E-state index in [4.69, 9.17) is 0 Å². The molecule has 6 heteroatoms. The summed E-state index contributed by atoms with van der Waals surface area (Å²) < 4.78 is 0.846. The summed E-state index contributed by atoms with van der Waals surface area (Å²) in [4.78, 5) is 14.7. The van der Waals surface area contributed by atoms with E-state index in [9.17, 15) is 4.79 Å². The van der Waals surface area contributed by atoms with E-state index in [-0.39, 0.29) is 5.91 Å². The van der Waals surface area contributed by atoms with Gasteiger partial charge >= 0.3 is 0 Å². The normalized spacial score (nSPS) is 10.4. The van der Waals surface area contributed by atoms with Crippen LogP contribution in [0.1, 0.15) is 21.9 Å². The van der Waals surface area contributed by atoms with Gasteiger partial charge in [-0.05, 0) is 35.8 Å². The van der Waals surface area contributed by atoms with Crippen LogP contribution in [0.2, 0.25) is 0 Å². The van der Waals surface area contributed by atoms with E-state index in [0.717, 1.165) is 21.5 Å². The van der Waals surface area contributed by atoms with Gasteiger partial charge in [-0.15, -0.1) is 0 Å². The van der Waals surface area contributed by atoms with Crippen molar-refractivity contribution in [1.29, 1.82) is 0 Å². The van der Waals surface area contributed by atoms with Crippen molar-refractivity contribution in [3.8, 4) is 0 Å². The van der Waals surface area contributed by atoms with Crippen molar-refractivity contribution < 1.29 is 4.79 Å². The average Bonchev–Trinajstić information content (AvgIpc) is 2.79. The number of hydrogen-bond donors (Lipinski definition) is 3. The van der Waals surface area contributed by atoms with Gasteiger partial charge in [-0.1, -0.05) is 0 Å². The number of nitrogens with one attached hydrogen (secondary N) is 3. The quantitative estimate of drug-likeness (QED) is 0.791. The van der Waals surface area contributed by atoms with Gasteiger partial charge in [0.15, 0.2) is 0 Å². The van der Waals surface area contributed by atoms with E-state index in [0.29, 0.717) is 5.69 Å². The highest BCUT2D eigenvalue weighted by Gasteiger charge is 2.12. The molecule has 0 atom stereocenters. The van der Waals surface area contributed by atoms with Gasteiger partial charge in [-0.2, -0.15) is 5.10 Å². The van der Waals surface area contributed by atoms with Crippen LogP contribution in [0.25, 0.3) is 0 Å². The molecule has 3 N–H and O–H groups in total. The van der Waals surface area contributed by atoms with E-state index in [1.807, 2.05) is 13.8 Å². The molecule has 2 rings (SSSR count). The number of nitrogens with zero attached hydrogens (tertiary/aromatic N) is 1. The molecule has 0 aliphatic heterocycles. The van der Waals surface area contributed by atoms with Crippen LogP contribution in [-0.2, 0) is 0 Å². The molecule has 0 bridgehead atoms. The van der Waals surface area contributed by atoms with Crippen LogP contribution < -0.4 is 5.32 Å². The lowest BCUT2D eigenvalue weighted by Gasteiger charge is -2.02. The lowest BCUT2D eigenvalue weighted by Crippen LogP contribution is -2.13. The van der Waals surface area contributed by atoms with E-state index in [1.54, 1.807) is 12.3 Å². The Morgan fingerprint density at radius 2 is 2.25 bits per heavy atom. The second kappa shape index (κ2) is 4.13. The molecule has 0 radical (unpaired) electrons. The van der Waals surface area contributed by atoms with Crippen LogP contribution in [-0.4, -0.2) is 21.1 Å². The monoisotopic (exact) mass is 282 g/mol. The van der Waals surface area contributed by atoms with Gasteiger partial charge in [0.25, 0.3) is 5.91 Å². The highest BCUT2D eigenvalue weighted by Crippen LogP contribution is 2.18. The number of amides is 1. The van der Waals surface area contributed by atoms with Crippen LogP contribution in [0.15, 0.2) is 16.7 Å². The summed E-state index contributed by atoms with van der Waals surface area (Å²) in [6, 6.07) is 1.72. The Morgan fingerprint density at radius 1 is 1.50 bits per heavy atom. The summed E-state index contributed by atoms with van der Waals surface area (Å²) in [6.07, 6.45) is 1.71. The molecule has 2 heterocycles. The fourth-order valence-electron chi connectivity index (χ4n) is 1.41. The van der Waals surface area contributed by atoms with Crippen molar-refractivity contribution in [1.82, 2.24) is 15.2 Å². The highest BCUT2D eigenvalue weighted by atomic mass is 79.9. The fourth-order valence-corrected chi connectivity index (χ4v) is 1.76. The number of hydrogen-bond acceptors (Lipinski definition) is 2. The zero-order valence-corrected chi connectivity index (χ0v) is 10.5. The third kappa shape index (κ3) is 2.01. The smallest absolute Gasteiger partial charge is 0.272 e. The van der Waals surface area contributed by atoms with Gasteiger partial charge in [-0.25, -0.2) is 0 Å². The van der Waals surface area contributed by atoms with Gasteiger partial charge in [0.05, 0.1) is 17.1 Å². The summed E-state index contributed by atoms with van der Waals surface area (Å²) in [6.45, 7) is 3.70. The third-order valence-electron chi connectivity index (χ3n) is 2.26. The first-order chi connectivity index (χ1) is 7.58. The van der Waals surface area contributed by atoms with E-state index in [1.165, 1.54) is 0 Å². The average molecular weight is 283 g/mol. The molecule has 16 heavy (non-hydrogen) atoms. The van der Waals surface area contributed by atoms with Crippen LogP contribution >= 0.6 is 15.9 Å². The first kappa shape index (κ1) is 10.9. The first-order valence-electron chi connectivity index (χ1n) is 4.75. The molecule has 2 aromatic rings. The first-order valence-corrected chi connectivity index (χ1v) is 5.54. The molecule has 0 fully saturated rings. The number of anilines is 1. The van der Waals surface area contributed by atoms with Crippen molar-refractivity contribution >= 4 is 27.5 Å². The third-order valence-corrected chi connectivity index (χ3v) is 2.72. The Morgan fingerprint density at radius 3 is 2.75 bits per heavy atom. The van der Waals surface area contributed by atoms with Crippen molar-refractivity contribution in [2.45, 2.75) is 13.8 Å². The zero-order valence-electron chi connectivity index (χ0n) is 8.89. The molecule has 0 aliphatic carbocycles. The minimum atomic E-state index is -0.182. The molecule has 5 nitrogen and oxygen atoms in total. The van der Waals surface area contributed by atoms with Crippen LogP contribution in [0.3, 0.4) is 0 Å². The zero-order chi connectivity index (χ0) is 11.7. The van der Waals surface area contributed by atoms with Gasteiger partial charge in [0.1, 0.15) is 5.69 Å². The fraction of sp³-hybridized carbons (Fsp3) is 0.200. The lowest BCUT2D eigenvalue weighted by molar-refractivity contribution is 0.102. The molecule has 1 amide bonds. The van der Waals surface area contributed by atoms with E-state index < -0.39 is 0 Å². The van der Waals surface area contributed by atoms with Gasteiger partial charge < -0.3 is 10.3 Å². The van der Waals surface area contributed by atoms with Crippen LogP contribution in [0.5, 0.6) is 0 Å². The molecule has 84 valence electrons. The Balaban J connectivity index is 2.20.